The number of carbonyl (C=O) groups is 3. The van der Waals surface area contributed by atoms with Crippen molar-refractivity contribution in [3.63, 3.8) is 0 Å². The maximum atomic E-state index is 12.2. The van der Waals surface area contributed by atoms with Crippen molar-refractivity contribution in [2.24, 2.45) is 0 Å². The van der Waals surface area contributed by atoms with E-state index < -0.39 is 12.0 Å². The lowest BCUT2D eigenvalue weighted by Gasteiger charge is -2.32. The molecule has 1 aliphatic rings. The molecule has 1 atom stereocenters. The summed E-state index contributed by atoms with van der Waals surface area (Å²) in [7, 11) is 0. The molecule has 0 radical (unpaired) electrons. The van der Waals surface area contributed by atoms with Gasteiger partial charge in [0.2, 0.25) is 5.91 Å². The number of carbonyl (C=O) groups excluding carboxylic acids is 2. The first-order valence-electron chi connectivity index (χ1n) is 7.75. The quantitative estimate of drug-likeness (QED) is 0.804. The zero-order valence-electron chi connectivity index (χ0n) is 13.2. The summed E-state index contributed by atoms with van der Waals surface area (Å²) in [6.45, 7) is 2.60. The zero-order valence-corrected chi connectivity index (χ0v) is 13.2. The Morgan fingerprint density at radius 3 is 2.52 bits per heavy atom. The van der Waals surface area contributed by atoms with Gasteiger partial charge >= 0.3 is 5.97 Å². The molecule has 124 valence electrons. The highest BCUT2D eigenvalue weighted by atomic mass is 16.5. The van der Waals surface area contributed by atoms with E-state index in [4.69, 9.17) is 9.84 Å². The molecular formula is C17H21NO5. The van der Waals surface area contributed by atoms with Crippen LogP contribution in [0, 0.1) is 0 Å². The molecule has 0 spiro atoms. The Bertz CT molecular complexity index is 581. The Labute approximate surface area is 135 Å². The van der Waals surface area contributed by atoms with Crippen LogP contribution in [0.2, 0.25) is 0 Å². The van der Waals surface area contributed by atoms with E-state index in [0.717, 1.165) is 12.0 Å². The normalized spacial score (nSPS) is 17.8. The summed E-state index contributed by atoms with van der Waals surface area (Å²) in [5.74, 6) is -1.51. The van der Waals surface area contributed by atoms with Crippen molar-refractivity contribution >= 4 is 17.7 Å². The Kier molecular flexibility index (Phi) is 5.87. The average Bonchev–Trinajstić information content (AvgIpc) is 2.59. The van der Waals surface area contributed by atoms with Crippen molar-refractivity contribution in [3.05, 3.63) is 35.4 Å². The molecule has 2 rings (SSSR count). The molecule has 1 amide bonds. The molecule has 1 aromatic rings. The lowest BCUT2D eigenvalue weighted by atomic mass is 10.0. The molecule has 23 heavy (non-hydrogen) atoms. The summed E-state index contributed by atoms with van der Waals surface area (Å²) in [6.07, 6.45) is 0.993. The van der Waals surface area contributed by atoms with Crippen LogP contribution in [0.1, 0.15) is 35.7 Å². The Hall–Kier alpha value is -2.21. The average molecular weight is 319 g/mol. The minimum atomic E-state index is -1.08. The molecular weight excluding hydrogens is 298 g/mol. The summed E-state index contributed by atoms with van der Waals surface area (Å²) < 4.78 is 5.10. The van der Waals surface area contributed by atoms with Gasteiger partial charge in [-0.05, 0) is 12.0 Å². The third-order valence-electron chi connectivity index (χ3n) is 3.98. The standard InChI is InChI=1S/C17H21NO5/c1-2-12-3-5-13(6-4-12)15(19)7-8-16(20)18-9-10-23-11-14(18)17(21)22/h3-6,14H,2,7-11H2,1H3,(H,21,22). The van der Waals surface area contributed by atoms with Gasteiger partial charge in [-0.15, -0.1) is 0 Å². The third-order valence-corrected chi connectivity index (χ3v) is 3.98. The van der Waals surface area contributed by atoms with Crippen LogP contribution < -0.4 is 0 Å². The Morgan fingerprint density at radius 1 is 1.22 bits per heavy atom. The van der Waals surface area contributed by atoms with Crippen molar-refractivity contribution in [3.8, 4) is 0 Å². The minimum Gasteiger partial charge on any atom is -0.480 e. The molecule has 1 aromatic carbocycles. The summed E-state index contributed by atoms with van der Waals surface area (Å²) in [4.78, 5) is 36.8. The number of carboxylic acid groups (broad SMARTS) is 1. The lowest BCUT2D eigenvalue weighted by molar-refractivity contribution is -0.158. The second-order valence-corrected chi connectivity index (χ2v) is 5.49. The smallest absolute Gasteiger partial charge is 0.328 e. The van der Waals surface area contributed by atoms with Gasteiger partial charge in [-0.2, -0.15) is 0 Å². The van der Waals surface area contributed by atoms with Gasteiger partial charge in [0.25, 0.3) is 0 Å². The number of ether oxygens (including phenoxy) is 1. The lowest BCUT2D eigenvalue weighted by Crippen LogP contribution is -2.52. The third kappa shape index (κ3) is 4.39. The maximum absolute atomic E-state index is 12.2. The van der Waals surface area contributed by atoms with E-state index in [1.807, 2.05) is 19.1 Å². The predicted octanol–water partition coefficient (Wildman–Crippen LogP) is 1.52. The topological polar surface area (TPSA) is 83.9 Å². The van der Waals surface area contributed by atoms with Gasteiger partial charge in [0.15, 0.2) is 11.8 Å². The van der Waals surface area contributed by atoms with Gasteiger partial charge in [-0.1, -0.05) is 31.2 Å². The van der Waals surface area contributed by atoms with E-state index in [-0.39, 0.29) is 37.7 Å². The van der Waals surface area contributed by atoms with E-state index >= 15 is 0 Å². The predicted molar refractivity (Wildman–Crippen MR) is 83.3 cm³/mol. The zero-order chi connectivity index (χ0) is 16.8. The number of ketones is 1. The van der Waals surface area contributed by atoms with Crippen molar-refractivity contribution < 1.29 is 24.2 Å². The van der Waals surface area contributed by atoms with Crippen LogP contribution in [0.5, 0.6) is 0 Å². The van der Waals surface area contributed by atoms with Crippen LogP contribution in [0.15, 0.2) is 24.3 Å². The number of carboxylic acids is 1. The van der Waals surface area contributed by atoms with Crippen molar-refractivity contribution in [2.45, 2.75) is 32.2 Å². The molecule has 1 fully saturated rings. The molecule has 0 aliphatic carbocycles. The van der Waals surface area contributed by atoms with Crippen LogP contribution in [-0.2, 0) is 20.7 Å². The van der Waals surface area contributed by atoms with Gasteiger partial charge in [0.1, 0.15) is 0 Å². The summed E-state index contributed by atoms with van der Waals surface area (Å²) >= 11 is 0. The second kappa shape index (κ2) is 7.87. The molecule has 1 unspecified atom stereocenters. The number of morpholine rings is 1. The summed E-state index contributed by atoms with van der Waals surface area (Å²) in [6, 6.07) is 6.37. The van der Waals surface area contributed by atoms with E-state index in [1.165, 1.54) is 4.90 Å². The number of aryl methyl sites for hydroxylation is 1. The summed E-state index contributed by atoms with van der Waals surface area (Å²) in [5, 5.41) is 9.12. The van der Waals surface area contributed by atoms with Crippen molar-refractivity contribution in [1.82, 2.24) is 4.90 Å². The molecule has 6 nitrogen and oxygen atoms in total. The van der Waals surface area contributed by atoms with Crippen LogP contribution in [0.3, 0.4) is 0 Å². The highest BCUT2D eigenvalue weighted by Gasteiger charge is 2.32. The van der Waals surface area contributed by atoms with Gasteiger partial charge < -0.3 is 14.7 Å². The number of hydrogen-bond acceptors (Lipinski definition) is 4. The van der Waals surface area contributed by atoms with E-state index in [2.05, 4.69) is 0 Å². The SMILES string of the molecule is CCc1ccc(C(=O)CCC(=O)N2CCOCC2C(=O)O)cc1. The largest absolute Gasteiger partial charge is 0.480 e. The number of amides is 1. The monoisotopic (exact) mass is 319 g/mol. The number of nitrogens with zero attached hydrogens (tertiary/aromatic N) is 1. The van der Waals surface area contributed by atoms with Gasteiger partial charge in [0, 0.05) is 24.9 Å². The Balaban J connectivity index is 1.92. The number of aliphatic carboxylic acids is 1. The van der Waals surface area contributed by atoms with Crippen LogP contribution in [0.4, 0.5) is 0 Å². The molecule has 1 saturated heterocycles. The van der Waals surface area contributed by atoms with E-state index in [9.17, 15) is 14.4 Å². The number of Topliss-reactive ketones (excluding diaryl/α,β-unsaturated/α-hetero) is 1. The number of hydrogen-bond donors (Lipinski definition) is 1. The fourth-order valence-corrected chi connectivity index (χ4v) is 2.54. The van der Waals surface area contributed by atoms with Gasteiger partial charge in [-0.3, -0.25) is 9.59 Å². The van der Waals surface area contributed by atoms with Crippen molar-refractivity contribution in [2.75, 3.05) is 19.8 Å². The highest BCUT2D eigenvalue weighted by Crippen LogP contribution is 2.13. The van der Waals surface area contributed by atoms with E-state index in [1.54, 1.807) is 12.1 Å². The molecule has 0 bridgehead atoms. The van der Waals surface area contributed by atoms with Crippen LogP contribution in [0.25, 0.3) is 0 Å². The highest BCUT2D eigenvalue weighted by molar-refractivity contribution is 5.98. The number of rotatable bonds is 6. The van der Waals surface area contributed by atoms with Crippen LogP contribution >= 0.6 is 0 Å². The molecule has 0 saturated carbocycles. The fourth-order valence-electron chi connectivity index (χ4n) is 2.54. The first-order valence-corrected chi connectivity index (χ1v) is 7.75. The van der Waals surface area contributed by atoms with Crippen LogP contribution in [-0.4, -0.2) is 53.5 Å². The Morgan fingerprint density at radius 2 is 1.91 bits per heavy atom. The molecule has 1 aliphatic heterocycles. The van der Waals surface area contributed by atoms with Gasteiger partial charge in [-0.25, -0.2) is 4.79 Å². The van der Waals surface area contributed by atoms with Gasteiger partial charge in [0.05, 0.1) is 13.2 Å². The molecule has 1 N–H and O–H groups in total. The first kappa shape index (κ1) is 17.1. The molecule has 0 aromatic heterocycles. The number of benzene rings is 1. The summed E-state index contributed by atoms with van der Waals surface area (Å²) in [5.41, 5.74) is 1.72. The second-order valence-electron chi connectivity index (χ2n) is 5.49. The minimum absolute atomic E-state index is 0.00645. The molecule has 6 heteroatoms. The van der Waals surface area contributed by atoms with E-state index in [0.29, 0.717) is 12.2 Å². The maximum Gasteiger partial charge on any atom is 0.328 e. The fraction of sp³-hybridized carbons (Fsp3) is 0.471. The first-order chi connectivity index (χ1) is 11.0. The molecule has 1 heterocycles. The van der Waals surface area contributed by atoms with Crippen molar-refractivity contribution in [1.29, 1.82) is 0 Å².